The Kier molecular flexibility index (Phi) is 6.23. The monoisotopic (exact) mass is 424 g/mol. The number of nitrogens with zero attached hydrogens (tertiary/aromatic N) is 4. The lowest BCUT2D eigenvalue weighted by Crippen LogP contribution is -2.41. The Hall–Kier alpha value is -2.14. The minimum absolute atomic E-state index is 0.00783. The van der Waals surface area contributed by atoms with Gasteiger partial charge in [0.15, 0.2) is 10.1 Å². The van der Waals surface area contributed by atoms with Gasteiger partial charge in [0, 0.05) is 20.1 Å². The fourth-order valence-corrected chi connectivity index (χ4v) is 5.02. The Labute approximate surface area is 170 Å². The summed E-state index contributed by atoms with van der Waals surface area (Å²) in [5.41, 5.74) is 4.41. The minimum Gasteiger partial charge on any atom is -0.384 e. The van der Waals surface area contributed by atoms with E-state index in [9.17, 15) is 14.4 Å². The molecular formula is C17H24N6O3S2. The molecule has 0 aliphatic heterocycles. The number of nitrogen functional groups attached to an aromatic ring is 1. The molecule has 2 heterocycles. The van der Waals surface area contributed by atoms with Crippen molar-refractivity contribution in [3.05, 3.63) is 26.4 Å². The van der Waals surface area contributed by atoms with E-state index in [4.69, 9.17) is 5.73 Å². The maximum atomic E-state index is 12.6. The van der Waals surface area contributed by atoms with Crippen molar-refractivity contribution in [2.45, 2.75) is 43.0 Å². The van der Waals surface area contributed by atoms with Gasteiger partial charge in [-0.15, -0.1) is 10.2 Å². The summed E-state index contributed by atoms with van der Waals surface area (Å²) < 4.78 is 2.61. The number of thioether (sulfide) groups is 1. The van der Waals surface area contributed by atoms with Gasteiger partial charge in [0.05, 0.1) is 5.75 Å². The van der Waals surface area contributed by atoms with E-state index in [1.165, 1.54) is 56.5 Å². The second-order valence-electron chi connectivity index (χ2n) is 7.06. The first-order valence-electron chi connectivity index (χ1n) is 9.11. The molecule has 3 rings (SSSR count). The molecule has 1 aliphatic carbocycles. The lowest BCUT2D eigenvalue weighted by molar-refractivity contribution is 0.102. The van der Waals surface area contributed by atoms with Crippen LogP contribution in [0.15, 0.2) is 13.9 Å². The van der Waals surface area contributed by atoms with Crippen LogP contribution in [-0.2, 0) is 14.1 Å². The maximum absolute atomic E-state index is 12.6. The summed E-state index contributed by atoms with van der Waals surface area (Å²) in [5, 5.41) is 12.5. The zero-order valence-electron chi connectivity index (χ0n) is 16.1. The minimum atomic E-state index is -0.683. The zero-order valence-corrected chi connectivity index (χ0v) is 17.7. The van der Waals surface area contributed by atoms with Crippen LogP contribution in [0.1, 0.15) is 43.0 Å². The number of ketones is 1. The lowest BCUT2D eigenvalue weighted by Gasteiger charge is -2.29. The first kappa shape index (κ1) is 20.6. The molecule has 0 bridgehead atoms. The number of hydrogen-bond donors (Lipinski definition) is 2. The smallest absolute Gasteiger partial charge is 0.332 e. The van der Waals surface area contributed by atoms with Gasteiger partial charge in [0.25, 0.3) is 5.56 Å². The van der Waals surface area contributed by atoms with Gasteiger partial charge in [-0.05, 0) is 18.8 Å². The van der Waals surface area contributed by atoms with Crippen LogP contribution in [-0.4, -0.2) is 36.9 Å². The number of rotatable bonds is 6. The Bertz CT molecular complexity index is 996. The first-order valence-corrected chi connectivity index (χ1v) is 10.9. The maximum Gasteiger partial charge on any atom is 0.332 e. The molecule has 0 spiro atoms. The van der Waals surface area contributed by atoms with E-state index in [1.54, 1.807) is 0 Å². The third kappa shape index (κ3) is 4.14. The quantitative estimate of drug-likeness (QED) is 0.528. The van der Waals surface area contributed by atoms with E-state index >= 15 is 0 Å². The van der Waals surface area contributed by atoms with Crippen molar-refractivity contribution >= 4 is 39.8 Å². The number of nitrogens with one attached hydrogen (secondary N) is 1. The second kappa shape index (κ2) is 8.48. The third-order valence-electron chi connectivity index (χ3n) is 5.14. The fraction of sp³-hybridized carbons (Fsp3) is 0.588. The molecule has 2 aromatic rings. The van der Waals surface area contributed by atoms with E-state index in [-0.39, 0.29) is 17.1 Å². The molecule has 1 aliphatic rings. The molecule has 0 saturated heterocycles. The van der Waals surface area contributed by atoms with Crippen LogP contribution in [0.4, 0.5) is 10.9 Å². The van der Waals surface area contributed by atoms with E-state index in [1.807, 2.05) is 0 Å². The topological polar surface area (TPSA) is 125 Å². The average molecular weight is 425 g/mol. The molecule has 11 heteroatoms. The van der Waals surface area contributed by atoms with Crippen LogP contribution in [0.25, 0.3) is 0 Å². The Balaban J connectivity index is 1.67. The van der Waals surface area contributed by atoms with Crippen LogP contribution < -0.4 is 22.3 Å². The Morgan fingerprint density at radius 3 is 2.68 bits per heavy atom. The average Bonchev–Trinajstić information content (AvgIpc) is 3.12. The van der Waals surface area contributed by atoms with Crippen LogP contribution in [0.3, 0.4) is 0 Å². The Morgan fingerprint density at radius 1 is 1.25 bits per heavy atom. The molecule has 1 fully saturated rings. The van der Waals surface area contributed by atoms with Gasteiger partial charge in [0.1, 0.15) is 11.4 Å². The van der Waals surface area contributed by atoms with Gasteiger partial charge in [-0.3, -0.25) is 18.7 Å². The predicted molar refractivity (Wildman–Crippen MR) is 111 cm³/mol. The van der Waals surface area contributed by atoms with Crippen molar-refractivity contribution in [1.29, 1.82) is 0 Å². The number of nitrogens with two attached hydrogens (primary N) is 1. The van der Waals surface area contributed by atoms with E-state index in [0.717, 1.165) is 20.7 Å². The zero-order chi connectivity index (χ0) is 20.4. The standard InChI is InChI=1S/C17H24N6O3S2/c1-9-6-4-5-7-10(9)19-15-20-21-16(28-15)27-8-11(24)12-13(18)22(2)17(26)23(3)14(12)25/h9-10H,4-8,18H2,1-3H3,(H,19,20). The molecular weight excluding hydrogens is 400 g/mol. The summed E-state index contributed by atoms with van der Waals surface area (Å²) >= 11 is 2.60. The van der Waals surface area contributed by atoms with Gasteiger partial charge in [-0.1, -0.05) is 42.9 Å². The van der Waals surface area contributed by atoms with E-state index < -0.39 is 17.0 Å². The second-order valence-corrected chi connectivity index (χ2v) is 9.26. The molecule has 2 unspecified atom stereocenters. The normalized spacial score (nSPS) is 19.5. The Morgan fingerprint density at radius 2 is 1.96 bits per heavy atom. The number of Topliss-reactive ketones (excluding diaryl/α,β-unsaturated/α-hetero) is 1. The lowest BCUT2D eigenvalue weighted by atomic mass is 9.86. The largest absolute Gasteiger partial charge is 0.384 e. The number of aromatic nitrogens is 4. The van der Waals surface area contributed by atoms with Crippen molar-refractivity contribution in [2.75, 3.05) is 16.8 Å². The highest BCUT2D eigenvalue weighted by Crippen LogP contribution is 2.30. The van der Waals surface area contributed by atoms with Gasteiger partial charge in [-0.2, -0.15) is 0 Å². The van der Waals surface area contributed by atoms with Gasteiger partial charge >= 0.3 is 5.69 Å². The summed E-state index contributed by atoms with van der Waals surface area (Å²) in [5.74, 6) is 0.0275. The fourth-order valence-electron chi connectivity index (χ4n) is 3.34. The molecule has 152 valence electrons. The molecule has 9 nitrogen and oxygen atoms in total. The predicted octanol–water partition coefficient (Wildman–Crippen LogP) is 1.48. The van der Waals surface area contributed by atoms with E-state index in [0.29, 0.717) is 16.3 Å². The van der Waals surface area contributed by atoms with Crippen molar-refractivity contribution in [3.63, 3.8) is 0 Å². The molecule has 2 aromatic heterocycles. The van der Waals surface area contributed by atoms with Crippen LogP contribution in [0.5, 0.6) is 0 Å². The summed E-state index contributed by atoms with van der Waals surface area (Å²) in [6.07, 6.45) is 4.82. The molecule has 28 heavy (non-hydrogen) atoms. The van der Waals surface area contributed by atoms with Gasteiger partial charge in [-0.25, -0.2) is 4.79 Å². The molecule has 2 atom stereocenters. The number of carbonyl (C=O) groups is 1. The molecule has 0 radical (unpaired) electrons. The highest BCUT2D eigenvalue weighted by Gasteiger charge is 2.23. The van der Waals surface area contributed by atoms with Gasteiger partial charge < -0.3 is 11.1 Å². The van der Waals surface area contributed by atoms with Crippen molar-refractivity contribution < 1.29 is 4.79 Å². The SMILES string of the molecule is CC1CCCCC1Nc1nnc(SCC(=O)c2c(N)n(C)c(=O)n(C)c2=O)s1. The highest BCUT2D eigenvalue weighted by atomic mass is 32.2. The van der Waals surface area contributed by atoms with Crippen molar-refractivity contribution in [2.24, 2.45) is 20.0 Å². The van der Waals surface area contributed by atoms with Gasteiger partial charge in [0.2, 0.25) is 5.13 Å². The summed E-state index contributed by atoms with van der Waals surface area (Å²) in [6.45, 7) is 2.24. The molecule has 0 amide bonds. The number of hydrogen-bond acceptors (Lipinski definition) is 9. The number of carbonyl (C=O) groups excluding carboxylic acids is 1. The molecule has 3 N–H and O–H groups in total. The van der Waals surface area contributed by atoms with Crippen LogP contribution in [0, 0.1) is 5.92 Å². The molecule has 1 saturated carbocycles. The van der Waals surface area contributed by atoms with Crippen molar-refractivity contribution in [3.8, 4) is 0 Å². The summed E-state index contributed by atoms with van der Waals surface area (Å²) in [7, 11) is 2.75. The number of anilines is 2. The highest BCUT2D eigenvalue weighted by molar-refractivity contribution is 8.01. The van der Waals surface area contributed by atoms with E-state index in [2.05, 4.69) is 22.4 Å². The molecule has 0 aromatic carbocycles. The van der Waals surface area contributed by atoms with Crippen LogP contribution >= 0.6 is 23.1 Å². The van der Waals surface area contributed by atoms with Crippen LogP contribution in [0.2, 0.25) is 0 Å². The summed E-state index contributed by atoms with van der Waals surface area (Å²) in [6, 6.07) is 0.398. The summed E-state index contributed by atoms with van der Waals surface area (Å²) in [4.78, 5) is 36.7. The van der Waals surface area contributed by atoms with Crippen molar-refractivity contribution in [1.82, 2.24) is 19.3 Å². The third-order valence-corrected chi connectivity index (χ3v) is 7.13. The first-order chi connectivity index (χ1) is 13.3.